The zero-order chi connectivity index (χ0) is 86.6. The van der Waals surface area contributed by atoms with E-state index in [2.05, 4.69) is 81.4 Å². The van der Waals surface area contributed by atoms with Crippen molar-refractivity contribution >= 4 is 125 Å². The Kier molecular flexibility index (Phi) is 47.0. The topological polar surface area (TPSA) is 661 Å². The second kappa shape index (κ2) is 53.6. The van der Waals surface area contributed by atoms with E-state index in [0.29, 0.717) is 24.0 Å². The summed E-state index contributed by atoms with van der Waals surface area (Å²) in [5.74, 6) is -19.9. The van der Waals surface area contributed by atoms with E-state index >= 15 is 0 Å². The standard InChI is InChI=1S/C74H118N18O21S2/c1-39(2)32-45(77)61(100)86-51(33-40(3)4)66(105)87-53(35-43-21-23-44(93)24-22-43)68(107)91-56(38-114)71(110)88-52(34-42-16-9-8-10-17-42)67(106)83-48(20-15-30-80-74(78)79)62(101)81-46(18-11-13-28-75)63(102)89-55(37-59(98)99)70(109)84-49(27-31-115-7)64(103)90-54(36-58(96)97)69(108)82-47(19-12-14-29-76)65(104)92-60(41(5)6)72(111)85-50(73(112)113)25-26-57(94)95/h8-10,16-17,21-24,39-41,45-56,60,93,114H,11-15,18-20,25-38,75-77H2,1-7H3,(H,81,101)(H,82,108)(H,83,106)(H,84,109)(H,85,111)(H,86,100)(H,87,105)(H,88,110)(H,89,102)(H,90,103)(H,91,107)(H,92,104)(H,94,95)(H,96,97)(H,98,99)(H,112,113)(H4,78,79,80)/t45-,46-,47-,48-,49-,50-,51-,52-,53-,54-,55-,56-,60-/m0/s1. The van der Waals surface area contributed by atoms with Gasteiger partial charge in [0.2, 0.25) is 70.9 Å². The van der Waals surface area contributed by atoms with Crippen molar-refractivity contribution in [1.29, 1.82) is 0 Å². The number of carboxylic acid groups (broad SMARTS) is 4. The quantitative estimate of drug-likeness (QED) is 0.0136. The molecule has 0 aliphatic rings. The number of unbranched alkanes of at least 4 members (excludes halogenated alkanes) is 2. The first-order chi connectivity index (χ1) is 54.2. The minimum Gasteiger partial charge on any atom is -0.508 e. The fraction of sp³-hybridized carbons (Fsp3) is 0.608. The first-order valence-corrected chi connectivity index (χ1v) is 39.9. The number of phenols is 1. The number of carbonyl (C=O) groups excluding carboxylic acids is 12. The van der Waals surface area contributed by atoms with Crippen LogP contribution in [0.3, 0.4) is 0 Å². The Hall–Kier alpha value is -10.4. The number of hydrogen-bond donors (Lipinski definition) is 23. The summed E-state index contributed by atoms with van der Waals surface area (Å²) in [6, 6.07) is -6.34. The second-order valence-corrected chi connectivity index (χ2v) is 30.1. The number of aliphatic carboxylic acids is 4. The second-order valence-electron chi connectivity index (χ2n) is 28.8. The molecule has 0 aromatic heterocycles. The van der Waals surface area contributed by atoms with Gasteiger partial charge in [-0.05, 0) is 143 Å². The summed E-state index contributed by atoms with van der Waals surface area (Å²) >= 11 is 5.55. The highest BCUT2D eigenvalue weighted by atomic mass is 32.2. The average molecular weight is 1660 g/mol. The molecule has 0 aliphatic carbocycles. The lowest BCUT2D eigenvalue weighted by molar-refractivity contribution is -0.144. The van der Waals surface area contributed by atoms with Crippen LogP contribution in [0.4, 0.5) is 0 Å². The van der Waals surface area contributed by atoms with E-state index in [1.807, 2.05) is 27.7 Å². The number of aliphatic imine (C=N–C) groups is 1. The van der Waals surface area contributed by atoms with Gasteiger partial charge in [0.25, 0.3) is 0 Å². The van der Waals surface area contributed by atoms with Crippen molar-refractivity contribution < 1.29 is 102 Å². The van der Waals surface area contributed by atoms with E-state index in [1.54, 1.807) is 36.6 Å². The Morgan fingerprint density at radius 1 is 0.417 bits per heavy atom. The maximum Gasteiger partial charge on any atom is 0.326 e. The fourth-order valence-corrected chi connectivity index (χ4v) is 12.2. The monoisotopic (exact) mass is 1660 g/mol. The van der Waals surface area contributed by atoms with Crippen LogP contribution in [0.25, 0.3) is 0 Å². The molecule has 0 saturated heterocycles. The van der Waals surface area contributed by atoms with Crippen molar-refractivity contribution in [3.8, 4) is 5.75 Å². The molecule has 115 heavy (non-hydrogen) atoms. The molecule has 2 aromatic rings. The lowest BCUT2D eigenvalue weighted by Gasteiger charge is -2.28. The van der Waals surface area contributed by atoms with Gasteiger partial charge in [-0.15, -0.1) is 0 Å². The number of nitrogens with one attached hydrogen (secondary N) is 12. The summed E-state index contributed by atoms with van der Waals surface area (Å²) in [6.45, 7) is 10.5. The molecule has 2 rings (SSSR count). The van der Waals surface area contributed by atoms with Crippen LogP contribution < -0.4 is 92.5 Å². The summed E-state index contributed by atoms with van der Waals surface area (Å²) in [7, 11) is 0. The average Bonchev–Trinajstić information content (AvgIpc) is 0.851. The van der Waals surface area contributed by atoms with Gasteiger partial charge in [-0.2, -0.15) is 24.4 Å². The molecule has 12 amide bonds. The zero-order valence-corrected chi connectivity index (χ0v) is 67.7. The Balaban J connectivity index is 2.62. The number of rotatable bonds is 57. The number of guanidine groups is 1. The molecule has 27 N–H and O–H groups in total. The smallest absolute Gasteiger partial charge is 0.326 e. The van der Waals surface area contributed by atoms with Crippen molar-refractivity contribution in [3.05, 3.63) is 65.7 Å². The van der Waals surface area contributed by atoms with Crippen molar-refractivity contribution in [2.75, 3.05) is 37.4 Å². The molecular formula is C74H118N18O21S2. The van der Waals surface area contributed by atoms with Crippen molar-refractivity contribution in [2.45, 2.75) is 229 Å². The van der Waals surface area contributed by atoms with Crippen LogP contribution in [-0.2, 0) is 89.6 Å². The van der Waals surface area contributed by atoms with Gasteiger partial charge in [0, 0.05) is 31.6 Å². The van der Waals surface area contributed by atoms with Crippen LogP contribution in [-0.4, -0.2) is 242 Å². The van der Waals surface area contributed by atoms with E-state index in [1.165, 1.54) is 49.9 Å². The lowest BCUT2D eigenvalue weighted by atomic mass is 9.99. The van der Waals surface area contributed by atoms with Crippen LogP contribution in [0, 0.1) is 17.8 Å². The van der Waals surface area contributed by atoms with Crippen LogP contribution in [0.1, 0.15) is 149 Å². The Morgan fingerprint density at radius 3 is 1.20 bits per heavy atom. The highest BCUT2D eigenvalue weighted by Crippen LogP contribution is 2.17. The summed E-state index contributed by atoms with van der Waals surface area (Å²) < 4.78 is 0. The summed E-state index contributed by atoms with van der Waals surface area (Å²) in [5.41, 5.74) is 29.9. The van der Waals surface area contributed by atoms with Gasteiger partial charge in [0.05, 0.1) is 18.9 Å². The lowest BCUT2D eigenvalue weighted by Crippen LogP contribution is -2.61. The molecule has 642 valence electrons. The van der Waals surface area contributed by atoms with Gasteiger partial charge >= 0.3 is 23.9 Å². The number of phenolic OH excluding ortho intramolecular Hbond substituents is 1. The van der Waals surface area contributed by atoms with Crippen molar-refractivity contribution in [3.63, 3.8) is 0 Å². The van der Waals surface area contributed by atoms with Gasteiger partial charge in [-0.1, -0.05) is 84.0 Å². The number of amides is 12. The molecule has 0 saturated carbocycles. The summed E-state index contributed by atoms with van der Waals surface area (Å²) in [5, 5.41) is 78.9. The van der Waals surface area contributed by atoms with Gasteiger partial charge in [0.1, 0.15) is 78.3 Å². The van der Waals surface area contributed by atoms with Gasteiger partial charge in [0.15, 0.2) is 5.96 Å². The fourth-order valence-electron chi connectivity index (χ4n) is 11.5. The van der Waals surface area contributed by atoms with Gasteiger partial charge in [-0.3, -0.25) is 76.9 Å². The van der Waals surface area contributed by atoms with Crippen molar-refractivity contribution in [2.24, 2.45) is 51.4 Å². The predicted octanol–water partition coefficient (Wildman–Crippen LogP) is -3.04. The summed E-state index contributed by atoms with van der Waals surface area (Å²) in [6.07, 6.45) is -1.87. The van der Waals surface area contributed by atoms with Crippen molar-refractivity contribution in [1.82, 2.24) is 63.8 Å². The zero-order valence-electron chi connectivity index (χ0n) is 65.9. The van der Waals surface area contributed by atoms with Crippen LogP contribution in [0.15, 0.2) is 59.6 Å². The Labute approximate surface area is 677 Å². The van der Waals surface area contributed by atoms with Crippen LogP contribution >= 0.6 is 24.4 Å². The number of nitrogens with two attached hydrogens (primary N) is 5. The molecule has 41 heteroatoms. The number of thiol groups is 1. The molecular weight excluding hydrogens is 1540 g/mol. The highest BCUT2D eigenvalue weighted by molar-refractivity contribution is 7.98. The number of carbonyl (C=O) groups is 16. The molecule has 0 unspecified atom stereocenters. The molecule has 39 nitrogen and oxygen atoms in total. The SMILES string of the molecule is CSCC[C@H](NC(=O)[C@H](CC(=O)O)NC(=O)[C@H](CCCCN)NC(=O)[C@H](CCCN=C(N)N)NC(=O)[C@H](Cc1ccccc1)NC(=O)[C@H](CS)NC(=O)[C@H](Cc1ccc(O)cc1)NC(=O)[C@H](CC(C)C)NC(=O)[C@@H](N)CC(C)C)C(=O)N[C@@H](CC(=O)O)C(=O)N[C@@H](CCCCN)C(=O)N[C@H](C(=O)N[C@@H](CCC(=O)O)C(=O)O)C(C)C. The van der Waals surface area contributed by atoms with E-state index in [0.717, 1.165) is 0 Å². The number of hydrogen-bond acceptors (Lipinski definition) is 23. The van der Waals surface area contributed by atoms with Gasteiger partial charge < -0.3 is 118 Å². The van der Waals surface area contributed by atoms with E-state index < -0.39 is 211 Å². The minimum atomic E-state index is -2.04. The Morgan fingerprint density at radius 2 is 0.791 bits per heavy atom. The molecule has 13 atom stereocenters. The first kappa shape index (κ1) is 101. The van der Waals surface area contributed by atoms with E-state index in [4.69, 9.17) is 33.8 Å². The van der Waals surface area contributed by atoms with E-state index in [-0.39, 0.29) is 120 Å². The molecule has 0 fully saturated rings. The molecule has 0 bridgehead atoms. The Bertz CT molecular complexity index is 3580. The molecule has 0 spiro atoms. The minimum absolute atomic E-state index is 0.0111. The maximum atomic E-state index is 14.9. The predicted molar refractivity (Wildman–Crippen MR) is 428 cm³/mol. The number of carboxylic acids is 4. The first-order valence-electron chi connectivity index (χ1n) is 37.9. The van der Waals surface area contributed by atoms with Crippen LogP contribution in [0.2, 0.25) is 0 Å². The number of thioether (sulfide) groups is 1. The molecule has 0 heterocycles. The number of nitrogens with zero attached hydrogens (tertiary/aromatic N) is 1. The van der Waals surface area contributed by atoms with Crippen LogP contribution in [0.5, 0.6) is 5.75 Å². The summed E-state index contributed by atoms with van der Waals surface area (Å²) in [4.78, 5) is 223. The highest BCUT2D eigenvalue weighted by Gasteiger charge is 2.39. The van der Waals surface area contributed by atoms with E-state index in [9.17, 15) is 97.1 Å². The third kappa shape index (κ3) is 40.0. The molecule has 2 aromatic carbocycles. The normalized spacial score (nSPS) is 14.6. The molecule has 0 radical (unpaired) electrons. The maximum absolute atomic E-state index is 14.9. The number of benzene rings is 2. The van der Waals surface area contributed by atoms with Gasteiger partial charge in [-0.25, -0.2) is 4.79 Å². The third-order valence-electron chi connectivity index (χ3n) is 17.7. The largest absolute Gasteiger partial charge is 0.508 e. The third-order valence-corrected chi connectivity index (χ3v) is 18.7. The number of aromatic hydroxyl groups is 1. The molecule has 0 aliphatic heterocycles.